The molecule has 1 aromatic carbocycles. The fourth-order valence-corrected chi connectivity index (χ4v) is 2.40. The Morgan fingerprint density at radius 2 is 1.89 bits per heavy atom. The lowest BCUT2D eigenvalue weighted by Crippen LogP contribution is -2.40. The number of hydrogen-bond acceptors (Lipinski definition) is 3. The first-order valence-electron chi connectivity index (χ1n) is 6.52. The quantitative estimate of drug-likeness (QED) is 0.823. The van der Waals surface area contributed by atoms with Crippen LogP contribution in [-0.2, 0) is 4.79 Å². The van der Waals surface area contributed by atoms with E-state index >= 15 is 0 Å². The van der Waals surface area contributed by atoms with Crippen LogP contribution in [0.25, 0.3) is 0 Å². The minimum Gasteiger partial charge on any atom is -0.389 e. The molecule has 0 aromatic heterocycles. The molecule has 1 heterocycles. The van der Waals surface area contributed by atoms with Gasteiger partial charge in [-0.25, -0.2) is 0 Å². The van der Waals surface area contributed by atoms with Crippen LogP contribution in [0.2, 0.25) is 0 Å². The fraction of sp³-hybridized carbons (Fsp3) is 0.429. The van der Waals surface area contributed by atoms with Gasteiger partial charge in [-0.05, 0) is 57.1 Å². The number of likely N-dealkylation sites (tertiary alicyclic amines) is 1. The van der Waals surface area contributed by atoms with E-state index in [-0.39, 0.29) is 11.9 Å². The van der Waals surface area contributed by atoms with Crippen LogP contribution in [0.4, 0.5) is 5.69 Å². The van der Waals surface area contributed by atoms with Crippen molar-refractivity contribution in [1.29, 1.82) is 0 Å². The van der Waals surface area contributed by atoms with Gasteiger partial charge in [-0.1, -0.05) is 12.2 Å². The van der Waals surface area contributed by atoms with E-state index in [1.54, 1.807) is 0 Å². The van der Waals surface area contributed by atoms with Crippen molar-refractivity contribution in [2.75, 3.05) is 18.4 Å². The first kappa shape index (κ1) is 14.0. The normalized spacial score (nSPS) is 17.1. The highest BCUT2D eigenvalue weighted by molar-refractivity contribution is 7.80. The van der Waals surface area contributed by atoms with E-state index < -0.39 is 0 Å². The predicted molar refractivity (Wildman–Crippen MR) is 81.2 cm³/mol. The summed E-state index contributed by atoms with van der Waals surface area (Å²) in [6.07, 6.45) is 2.36. The summed E-state index contributed by atoms with van der Waals surface area (Å²) in [5.74, 6) is 0.0324. The summed E-state index contributed by atoms with van der Waals surface area (Å²) in [5, 5.41) is 2.92. The summed E-state index contributed by atoms with van der Waals surface area (Å²) in [4.78, 5) is 14.7. The van der Waals surface area contributed by atoms with Crippen molar-refractivity contribution in [2.24, 2.45) is 5.73 Å². The van der Waals surface area contributed by atoms with Crippen LogP contribution in [0.15, 0.2) is 24.3 Å². The number of amides is 1. The zero-order valence-electron chi connectivity index (χ0n) is 11.1. The summed E-state index contributed by atoms with van der Waals surface area (Å²) >= 11 is 4.89. The van der Waals surface area contributed by atoms with Crippen LogP contribution >= 0.6 is 12.2 Å². The second-order valence-corrected chi connectivity index (χ2v) is 5.29. The number of thiocarbonyl (C=S) groups is 1. The molecule has 19 heavy (non-hydrogen) atoms. The van der Waals surface area contributed by atoms with Crippen molar-refractivity contribution < 1.29 is 4.79 Å². The van der Waals surface area contributed by atoms with Crippen LogP contribution in [0, 0.1) is 0 Å². The Morgan fingerprint density at radius 1 is 1.32 bits per heavy atom. The van der Waals surface area contributed by atoms with Crippen molar-refractivity contribution in [2.45, 2.75) is 25.8 Å². The van der Waals surface area contributed by atoms with Crippen molar-refractivity contribution in [3.63, 3.8) is 0 Å². The molecular weight excluding hydrogens is 258 g/mol. The summed E-state index contributed by atoms with van der Waals surface area (Å²) in [6.45, 7) is 3.97. The van der Waals surface area contributed by atoms with Crippen molar-refractivity contribution in [3.05, 3.63) is 29.8 Å². The monoisotopic (exact) mass is 277 g/mol. The molecule has 5 heteroatoms. The minimum atomic E-state index is -0.0854. The van der Waals surface area contributed by atoms with E-state index in [1.807, 2.05) is 31.2 Å². The van der Waals surface area contributed by atoms with Crippen LogP contribution in [-0.4, -0.2) is 34.9 Å². The van der Waals surface area contributed by atoms with Gasteiger partial charge in [0.05, 0.1) is 6.04 Å². The second-order valence-electron chi connectivity index (χ2n) is 4.85. The van der Waals surface area contributed by atoms with E-state index in [0.717, 1.165) is 24.3 Å². The maximum absolute atomic E-state index is 12.1. The number of rotatable bonds is 4. The average molecular weight is 277 g/mol. The standard InChI is InChI=1S/C14H19N3OS/c1-10(17-8-2-3-9-17)14(18)16-12-6-4-11(5-7-12)13(15)19/h4-7,10H,2-3,8-9H2,1H3,(H2,15,19)(H,16,18). The molecule has 1 unspecified atom stereocenters. The molecule has 1 aromatic rings. The maximum Gasteiger partial charge on any atom is 0.241 e. The van der Waals surface area contributed by atoms with Gasteiger partial charge in [-0.3, -0.25) is 9.69 Å². The molecule has 102 valence electrons. The highest BCUT2D eigenvalue weighted by Gasteiger charge is 2.23. The van der Waals surface area contributed by atoms with Crippen LogP contribution in [0.1, 0.15) is 25.3 Å². The maximum atomic E-state index is 12.1. The van der Waals surface area contributed by atoms with Gasteiger partial charge >= 0.3 is 0 Å². The highest BCUT2D eigenvalue weighted by atomic mass is 32.1. The van der Waals surface area contributed by atoms with E-state index in [1.165, 1.54) is 12.8 Å². The zero-order chi connectivity index (χ0) is 13.8. The Balaban J connectivity index is 1.96. The van der Waals surface area contributed by atoms with Gasteiger partial charge in [0, 0.05) is 11.3 Å². The van der Waals surface area contributed by atoms with Crippen molar-refractivity contribution >= 4 is 28.8 Å². The topological polar surface area (TPSA) is 58.4 Å². The second kappa shape index (κ2) is 6.12. The van der Waals surface area contributed by atoms with E-state index in [4.69, 9.17) is 18.0 Å². The van der Waals surface area contributed by atoms with Gasteiger partial charge in [-0.15, -0.1) is 0 Å². The Labute approximate surface area is 119 Å². The number of carbonyl (C=O) groups excluding carboxylic acids is 1. The summed E-state index contributed by atoms with van der Waals surface area (Å²) in [7, 11) is 0. The highest BCUT2D eigenvalue weighted by Crippen LogP contribution is 2.14. The molecule has 1 amide bonds. The average Bonchev–Trinajstić information content (AvgIpc) is 2.92. The Morgan fingerprint density at radius 3 is 2.42 bits per heavy atom. The third-order valence-corrected chi connectivity index (χ3v) is 3.74. The predicted octanol–water partition coefficient (Wildman–Crippen LogP) is 1.74. The lowest BCUT2D eigenvalue weighted by atomic mass is 10.2. The number of carbonyl (C=O) groups is 1. The molecule has 0 bridgehead atoms. The summed E-state index contributed by atoms with van der Waals surface area (Å²) < 4.78 is 0. The molecule has 0 aliphatic carbocycles. The minimum absolute atomic E-state index is 0.0324. The number of anilines is 1. The molecule has 1 atom stereocenters. The molecule has 0 saturated carbocycles. The molecule has 4 nitrogen and oxygen atoms in total. The zero-order valence-corrected chi connectivity index (χ0v) is 11.9. The largest absolute Gasteiger partial charge is 0.389 e. The lowest BCUT2D eigenvalue weighted by Gasteiger charge is -2.22. The first-order chi connectivity index (χ1) is 9.08. The number of nitrogens with one attached hydrogen (secondary N) is 1. The first-order valence-corrected chi connectivity index (χ1v) is 6.93. The van der Waals surface area contributed by atoms with Crippen LogP contribution < -0.4 is 11.1 Å². The lowest BCUT2D eigenvalue weighted by molar-refractivity contribution is -0.120. The molecule has 1 aliphatic rings. The van der Waals surface area contributed by atoms with Crippen molar-refractivity contribution in [3.8, 4) is 0 Å². The SMILES string of the molecule is CC(C(=O)Nc1ccc(C(N)=S)cc1)N1CCCC1. The Kier molecular flexibility index (Phi) is 4.50. The molecule has 1 aliphatic heterocycles. The molecule has 1 fully saturated rings. The van der Waals surface area contributed by atoms with Gasteiger partial charge in [0.2, 0.25) is 5.91 Å². The number of hydrogen-bond donors (Lipinski definition) is 2. The summed E-state index contributed by atoms with van der Waals surface area (Å²) in [6, 6.07) is 7.20. The molecular formula is C14H19N3OS. The molecule has 1 saturated heterocycles. The molecule has 0 spiro atoms. The molecule has 0 radical (unpaired) electrons. The molecule has 2 rings (SSSR count). The van der Waals surface area contributed by atoms with E-state index in [0.29, 0.717) is 4.99 Å². The Hall–Kier alpha value is -1.46. The number of nitrogens with zero attached hydrogens (tertiary/aromatic N) is 1. The number of benzene rings is 1. The van der Waals surface area contributed by atoms with Crippen molar-refractivity contribution in [1.82, 2.24) is 4.90 Å². The summed E-state index contributed by atoms with van der Waals surface area (Å²) in [5.41, 5.74) is 7.11. The third kappa shape index (κ3) is 3.52. The van der Waals surface area contributed by atoms with Crippen LogP contribution in [0.3, 0.4) is 0 Å². The number of nitrogens with two attached hydrogens (primary N) is 1. The van der Waals surface area contributed by atoms with Gasteiger partial charge in [0.1, 0.15) is 4.99 Å². The van der Waals surface area contributed by atoms with E-state index in [9.17, 15) is 4.79 Å². The molecule has 3 N–H and O–H groups in total. The fourth-order valence-electron chi connectivity index (χ4n) is 2.26. The van der Waals surface area contributed by atoms with Gasteiger partial charge in [0.15, 0.2) is 0 Å². The Bertz CT molecular complexity index is 466. The van der Waals surface area contributed by atoms with Gasteiger partial charge < -0.3 is 11.1 Å². The van der Waals surface area contributed by atoms with Gasteiger partial charge in [0.25, 0.3) is 0 Å². The third-order valence-electron chi connectivity index (χ3n) is 3.50. The van der Waals surface area contributed by atoms with Crippen LogP contribution in [0.5, 0.6) is 0 Å². The van der Waals surface area contributed by atoms with E-state index in [2.05, 4.69) is 10.2 Å². The van der Waals surface area contributed by atoms with Gasteiger partial charge in [-0.2, -0.15) is 0 Å². The smallest absolute Gasteiger partial charge is 0.241 e.